The second kappa shape index (κ2) is 5.94. The molecule has 2 aliphatic heterocycles. The standard InChI is InChI=1S/C24H17FN4O3/c1-28-20-19(21(30)29(2)23(28)32)24(15-11-13(25)8-10-16(15)26-20)18-14-6-4-3-5-12(14)7-9-17(18)27-22(24)31/h3-11,26H,1-2H3,(H,27,31). The van der Waals surface area contributed by atoms with Crippen molar-refractivity contribution in [3.63, 3.8) is 0 Å². The van der Waals surface area contributed by atoms with Crippen molar-refractivity contribution in [3.05, 3.63) is 97.9 Å². The smallest absolute Gasteiger partial charge is 0.332 e. The average molecular weight is 428 g/mol. The summed E-state index contributed by atoms with van der Waals surface area (Å²) in [5.41, 5.74) is -0.771. The van der Waals surface area contributed by atoms with Crippen LogP contribution in [0.15, 0.2) is 64.2 Å². The molecule has 0 saturated heterocycles. The van der Waals surface area contributed by atoms with E-state index in [2.05, 4.69) is 10.6 Å². The number of anilines is 3. The first-order valence-electron chi connectivity index (χ1n) is 10.1. The van der Waals surface area contributed by atoms with Gasteiger partial charge in [-0.3, -0.25) is 18.7 Å². The van der Waals surface area contributed by atoms with Gasteiger partial charge in [-0.05, 0) is 35.0 Å². The molecule has 2 aliphatic rings. The summed E-state index contributed by atoms with van der Waals surface area (Å²) >= 11 is 0. The minimum absolute atomic E-state index is 0.0906. The van der Waals surface area contributed by atoms with Gasteiger partial charge < -0.3 is 10.6 Å². The van der Waals surface area contributed by atoms with Crippen LogP contribution in [0.3, 0.4) is 0 Å². The predicted molar refractivity (Wildman–Crippen MR) is 119 cm³/mol. The van der Waals surface area contributed by atoms with Gasteiger partial charge in [-0.25, -0.2) is 9.18 Å². The van der Waals surface area contributed by atoms with Gasteiger partial charge in [0.2, 0.25) is 5.91 Å². The Hall–Kier alpha value is -4.20. The fourth-order valence-electron chi connectivity index (χ4n) is 5.13. The monoisotopic (exact) mass is 428 g/mol. The highest BCUT2D eigenvalue weighted by molar-refractivity contribution is 6.17. The number of halogens is 1. The molecule has 1 unspecified atom stereocenters. The maximum Gasteiger partial charge on any atom is 0.332 e. The van der Waals surface area contributed by atoms with E-state index in [9.17, 15) is 18.8 Å². The Morgan fingerprint density at radius 3 is 2.41 bits per heavy atom. The highest BCUT2D eigenvalue weighted by Gasteiger charge is 2.57. The lowest BCUT2D eigenvalue weighted by Gasteiger charge is -2.37. The van der Waals surface area contributed by atoms with Crippen molar-refractivity contribution in [2.24, 2.45) is 14.1 Å². The molecule has 1 spiro atoms. The molecule has 0 aliphatic carbocycles. The Labute approximate surface area is 180 Å². The van der Waals surface area contributed by atoms with E-state index in [-0.39, 0.29) is 11.4 Å². The molecule has 1 aromatic heterocycles. The molecule has 32 heavy (non-hydrogen) atoms. The van der Waals surface area contributed by atoms with Gasteiger partial charge in [0.15, 0.2) is 0 Å². The Morgan fingerprint density at radius 2 is 1.59 bits per heavy atom. The van der Waals surface area contributed by atoms with Crippen LogP contribution in [0.1, 0.15) is 16.7 Å². The maximum absolute atomic E-state index is 14.5. The molecule has 0 radical (unpaired) electrons. The minimum atomic E-state index is -1.63. The van der Waals surface area contributed by atoms with Crippen LogP contribution in [-0.4, -0.2) is 15.0 Å². The molecule has 0 fully saturated rings. The highest BCUT2D eigenvalue weighted by atomic mass is 19.1. The van der Waals surface area contributed by atoms with Gasteiger partial charge in [-0.1, -0.05) is 30.3 Å². The number of aromatic nitrogens is 2. The quantitative estimate of drug-likeness (QED) is 0.451. The van der Waals surface area contributed by atoms with E-state index in [1.807, 2.05) is 30.3 Å². The van der Waals surface area contributed by atoms with Crippen LogP contribution in [0.5, 0.6) is 0 Å². The van der Waals surface area contributed by atoms with E-state index in [1.54, 1.807) is 6.07 Å². The van der Waals surface area contributed by atoms with Crippen molar-refractivity contribution in [2.45, 2.75) is 5.41 Å². The topological polar surface area (TPSA) is 85.1 Å². The summed E-state index contributed by atoms with van der Waals surface area (Å²) < 4.78 is 16.8. The van der Waals surface area contributed by atoms with Crippen molar-refractivity contribution < 1.29 is 9.18 Å². The Bertz CT molecular complexity index is 1640. The van der Waals surface area contributed by atoms with E-state index >= 15 is 0 Å². The molecule has 0 saturated carbocycles. The Kier molecular flexibility index (Phi) is 3.45. The predicted octanol–water partition coefficient (Wildman–Crippen LogP) is 2.72. The summed E-state index contributed by atoms with van der Waals surface area (Å²) in [5, 5.41) is 7.65. The lowest BCUT2D eigenvalue weighted by Crippen LogP contribution is -2.50. The molecule has 8 heteroatoms. The Balaban J connectivity index is 1.92. The van der Waals surface area contributed by atoms with E-state index in [1.165, 1.54) is 36.9 Å². The van der Waals surface area contributed by atoms with Crippen LogP contribution in [-0.2, 0) is 24.3 Å². The number of nitrogens with zero attached hydrogens (tertiary/aromatic N) is 2. The third-order valence-corrected chi connectivity index (χ3v) is 6.57. The highest BCUT2D eigenvalue weighted by Crippen LogP contribution is 2.55. The van der Waals surface area contributed by atoms with Gasteiger partial charge in [0.05, 0.1) is 5.56 Å². The molecule has 7 nitrogen and oxygen atoms in total. The molecule has 3 heterocycles. The first kappa shape index (κ1) is 18.6. The number of amides is 1. The molecule has 158 valence electrons. The number of benzene rings is 3. The summed E-state index contributed by atoms with van der Waals surface area (Å²) in [7, 11) is 2.91. The van der Waals surface area contributed by atoms with Crippen LogP contribution in [0.4, 0.5) is 21.6 Å². The number of nitrogens with one attached hydrogen (secondary N) is 2. The molecule has 2 N–H and O–H groups in total. The zero-order chi connectivity index (χ0) is 22.4. The molecule has 4 aromatic rings. The van der Waals surface area contributed by atoms with E-state index in [4.69, 9.17) is 0 Å². The van der Waals surface area contributed by atoms with Crippen molar-refractivity contribution in [1.29, 1.82) is 0 Å². The van der Waals surface area contributed by atoms with Gasteiger partial charge in [0.25, 0.3) is 5.56 Å². The van der Waals surface area contributed by atoms with E-state index < -0.39 is 28.4 Å². The summed E-state index contributed by atoms with van der Waals surface area (Å²) in [6, 6.07) is 15.3. The third kappa shape index (κ3) is 2.01. The Morgan fingerprint density at radius 1 is 0.844 bits per heavy atom. The first-order chi connectivity index (χ1) is 15.4. The van der Waals surface area contributed by atoms with Crippen LogP contribution in [0.25, 0.3) is 10.8 Å². The van der Waals surface area contributed by atoms with Crippen LogP contribution in [0, 0.1) is 5.82 Å². The lowest BCUT2D eigenvalue weighted by atomic mass is 9.67. The van der Waals surface area contributed by atoms with Crippen molar-refractivity contribution >= 4 is 33.9 Å². The van der Waals surface area contributed by atoms with E-state index in [0.717, 1.165) is 15.3 Å². The largest absolute Gasteiger partial charge is 0.341 e. The van der Waals surface area contributed by atoms with E-state index in [0.29, 0.717) is 22.5 Å². The molecule has 1 atom stereocenters. The zero-order valence-corrected chi connectivity index (χ0v) is 17.2. The van der Waals surface area contributed by atoms with Gasteiger partial charge in [0, 0.05) is 36.6 Å². The van der Waals surface area contributed by atoms with Crippen LogP contribution in [0.2, 0.25) is 0 Å². The lowest BCUT2D eigenvalue weighted by molar-refractivity contribution is -0.118. The fraction of sp³-hybridized carbons (Fsp3) is 0.125. The average Bonchev–Trinajstić information content (AvgIpc) is 3.09. The number of rotatable bonds is 0. The fourth-order valence-corrected chi connectivity index (χ4v) is 5.13. The van der Waals surface area contributed by atoms with Crippen molar-refractivity contribution in [1.82, 2.24) is 9.13 Å². The summed E-state index contributed by atoms with van der Waals surface area (Å²) in [6.45, 7) is 0. The van der Waals surface area contributed by atoms with Gasteiger partial charge in [-0.15, -0.1) is 0 Å². The minimum Gasteiger partial charge on any atom is -0.341 e. The second-order valence-electron chi connectivity index (χ2n) is 8.16. The normalized spacial score (nSPS) is 18.2. The first-order valence-corrected chi connectivity index (χ1v) is 10.1. The number of hydrogen-bond acceptors (Lipinski definition) is 4. The molecule has 0 bridgehead atoms. The molecule has 6 rings (SSSR count). The molecule has 3 aromatic carbocycles. The van der Waals surface area contributed by atoms with Gasteiger partial charge in [0.1, 0.15) is 17.1 Å². The zero-order valence-electron chi connectivity index (χ0n) is 17.2. The second-order valence-corrected chi connectivity index (χ2v) is 8.16. The molecular formula is C24H17FN4O3. The summed E-state index contributed by atoms with van der Waals surface area (Å²) in [4.78, 5) is 40.1. The van der Waals surface area contributed by atoms with Gasteiger partial charge >= 0.3 is 5.69 Å². The number of carbonyl (C=O) groups excluding carboxylic acids is 1. The molecule has 1 amide bonds. The summed E-state index contributed by atoms with van der Waals surface area (Å²) in [6.07, 6.45) is 0. The van der Waals surface area contributed by atoms with Crippen LogP contribution >= 0.6 is 0 Å². The van der Waals surface area contributed by atoms with Gasteiger partial charge in [-0.2, -0.15) is 0 Å². The molecular weight excluding hydrogens is 411 g/mol. The SMILES string of the molecule is Cn1c2c(c(=O)n(C)c1=O)C1(C(=O)Nc3ccc4ccccc4c31)c1cc(F)ccc1N2. The summed E-state index contributed by atoms with van der Waals surface area (Å²) in [5.74, 6) is -0.779. The third-order valence-electron chi connectivity index (χ3n) is 6.57. The van der Waals surface area contributed by atoms with Crippen LogP contribution < -0.4 is 21.9 Å². The number of hydrogen-bond donors (Lipinski definition) is 2. The van der Waals surface area contributed by atoms with Crippen molar-refractivity contribution in [3.8, 4) is 0 Å². The van der Waals surface area contributed by atoms with Crippen molar-refractivity contribution in [2.75, 3.05) is 10.6 Å². The number of fused-ring (bicyclic) bond motifs is 8. The maximum atomic E-state index is 14.5. The number of carbonyl (C=O) groups is 1.